The molecule has 0 saturated carbocycles. The van der Waals surface area contributed by atoms with E-state index in [1.165, 1.54) is 6.20 Å². The molecule has 0 bridgehead atoms. The van der Waals surface area contributed by atoms with Gasteiger partial charge in [0, 0.05) is 19.0 Å². The Morgan fingerprint density at radius 3 is 2.78 bits per heavy atom. The number of carbonyl (C=O) groups excluding carboxylic acids is 1. The van der Waals surface area contributed by atoms with E-state index in [2.05, 4.69) is 9.72 Å². The van der Waals surface area contributed by atoms with E-state index in [1.54, 1.807) is 12.1 Å². The third kappa shape index (κ3) is 6.19. The zero-order valence-electron chi connectivity index (χ0n) is 9.54. The third-order valence-electron chi connectivity index (χ3n) is 2.04. The number of anilines is 1. The molecular weight excluding hydrogens is 249 g/mol. The Morgan fingerprint density at radius 2 is 2.17 bits per heavy atom. The molecule has 1 aromatic rings. The van der Waals surface area contributed by atoms with Gasteiger partial charge in [-0.1, -0.05) is 0 Å². The molecule has 0 aliphatic carbocycles. The Balaban J connectivity index is 2.26. The Hall–Kier alpha value is -1.63. The molecule has 4 nitrogen and oxygen atoms in total. The summed E-state index contributed by atoms with van der Waals surface area (Å²) < 4.78 is 39.6. The number of halogens is 3. The van der Waals surface area contributed by atoms with Crippen molar-refractivity contribution in [1.82, 2.24) is 4.98 Å². The number of alkyl halides is 3. The molecule has 1 aromatic heterocycles. The molecule has 0 amide bonds. The van der Waals surface area contributed by atoms with E-state index in [0.717, 1.165) is 0 Å². The summed E-state index contributed by atoms with van der Waals surface area (Å²) in [6, 6.07) is 3.18. The van der Waals surface area contributed by atoms with Crippen molar-refractivity contribution in [1.29, 1.82) is 0 Å². The second-order valence-electron chi connectivity index (χ2n) is 3.72. The van der Waals surface area contributed by atoms with Gasteiger partial charge in [-0.05, 0) is 17.7 Å². The lowest BCUT2D eigenvalue weighted by Gasteiger charge is -2.07. The summed E-state index contributed by atoms with van der Waals surface area (Å²) in [5.41, 5.74) is 6.12. The van der Waals surface area contributed by atoms with Crippen LogP contribution >= 0.6 is 0 Å². The molecule has 100 valence electrons. The van der Waals surface area contributed by atoms with Gasteiger partial charge in [0.05, 0.1) is 6.61 Å². The van der Waals surface area contributed by atoms with Gasteiger partial charge in [-0.15, -0.1) is 0 Å². The highest BCUT2D eigenvalue weighted by Gasteiger charge is 2.27. The molecule has 0 spiro atoms. The Bertz CT molecular complexity index is 408. The highest BCUT2D eigenvalue weighted by molar-refractivity contribution is 5.81. The molecule has 2 N–H and O–H groups in total. The lowest BCUT2D eigenvalue weighted by Crippen LogP contribution is -2.18. The van der Waals surface area contributed by atoms with Crippen molar-refractivity contribution in [2.24, 2.45) is 0 Å². The fourth-order valence-corrected chi connectivity index (χ4v) is 1.29. The lowest BCUT2D eigenvalue weighted by atomic mass is 10.1. The number of aromatic nitrogens is 1. The molecular formula is C11H13F3N2O2. The van der Waals surface area contributed by atoms with Crippen molar-refractivity contribution >= 4 is 11.6 Å². The maximum absolute atomic E-state index is 11.7. The number of pyridine rings is 1. The maximum Gasteiger partial charge on any atom is 0.411 e. The summed E-state index contributed by atoms with van der Waals surface area (Å²) in [4.78, 5) is 15.2. The fraction of sp³-hybridized carbons (Fsp3) is 0.455. The predicted molar refractivity (Wildman–Crippen MR) is 58.9 cm³/mol. The molecule has 18 heavy (non-hydrogen) atoms. The first-order valence-corrected chi connectivity index (χ1v) is 5.23. The minimum atomic E-state index is -4.36. The average Bonchev–Trinajstić information content (AvgIpc) is 2.23. The molecule has 0 aliphatic heterocycles. The first-order valence-electron chi connectivity index (χ1n) is 5.23. The lowest BCUT2D eigenvalue weighted by molar-refractivity contribution is -0.174. The van der Waals surface area contributed by atoms with Crippen molar-refractivity contribution in [2.45, 2.75) is 19.0 Å². The normalized spacial score (nSPS) is 11.5. The number of ether oxygens (including phenoxy) is 1. The van der Waals surface area contributed by atoms with Gasteiger partial charge in [0.2, 0.25) is 0 Å². The predicted octanol–water partition coefficient (Wildman–Crippen LogP) is 1.74. The highest BCUT2D eigenvalue weighted by atomic mass is 19.4. The van der Waals surface area contributed by atoms with Gasteiger partial charge in [0.25, 0.3) is 0 Å². The van der Waals surface area contributed by atoms with E-state index in [0.29, 0.717) is 11.4 Å². The van der Waals surface area contributed by atoms with E-state index < -0.39 is 12.8 Å². The van der Waals surface area contributed by atoms with Gasteiger partial charge < -0.3 is 10.5 Å². The topological polar surface area (TPSA) is 65.2 Å². The van der Waals surface area contributed by atoms with Crippen molar-refractivity contribution in [3.8, 4) is 0 Å². The van der Waals surface area contributed by atoms with E-state index in [1.807, 2.05) is 0 Å². The Kier molecular flexibility index (Phi) is 5.08. The third-order valence-corrected chi connectivity index (χ3v) is 2.04. The monoisotopic (exact) mass is 262 g/mol. The number of ketones is 1. The quantitative estimate of drug-likeness (QED) is 0.793. The van der Waals surface area contributed by atoms with E-state index in [-0.39, 0.29) is 25.2 Å². The number of nitrogens with zero attached hydrogens (tertiary/aromatic N) is 1. The largest absolute Gasteiger partial charge is 0.411 e. The van der Waals surface area contributed by atoms with E-state index >= 15 is 0 Å². The second kappa shape index (κ2) is 6.34. The zero-order chi connectivity index (χ0) is 13.6. The molecule has 1 heterocycles. The molecule has 1 rings (SSSR count). The highest BCUT2D eigenvalue weighted by Crippen LogP contribution is 2.14. The van der Waals surface area contributed by atoms with Crippen LogP contribution in [0.15, 0.2) is 18.3 Å². The van der Waals surface area contributed by atoms with E-state index in [4.69, 9.17) is 5.73 Å². The molecule has 0 unspecified atom stereocenters. The first kappa shape index (κ1) is 14.4. The van der Waals surface area contributed by atoms with Crippen LogP contribution in [0, 0.1) is 0 Å². The summed E-state index contributed by atoms with van der Waals surface area (Å²) in [6.07, 6.45) is -2.83. The van der Waals surface area contributed by atoms with Gasteiger partial charge in [-0.2, -0.15) is 13.2 Å². The van der Waals surface area contributed by atoms with Crippen molar-refractivity contribution < 1.29 is 22.7 Å². The molecule has 0 fully saturated rings. The van der Waals surface area contributed by atoms with Gasteiger partial charge in [-0.3, -0.25) is 4.79 Å². The number of rotatable bonds is 6. The van der Waals surface area contributed by atoms with Gasteiger partial charge >= 0.3 is 6.18 Å². The second-order valence-corrected chi connectivity index (χ2v) is 3.72. The van der Waals surface area contributed by atoms with Crippen LogP contribution in [-0.4, -0.2) is 30.2 Å². The van der Waals surface area contributed by atoms with Crippen LogP contribution in [0.3, 0.4) is 0 Å². The van der Waals surface area contributed by atoms with Crippen LogP contribution in [-0.2, 0) is 16.0 Å². The minimum Gasteiger partial charge on any atom is -0.384 e. The summed E-state index contributed by atoms with van der Waals surface area (Å²) in [5, 5.41) is 0. The zero-order valence-corrected chi connectivity index (χ0v) is 9.54. The summed E-state index contributed by atoms with van der Waals surface area (Å²) in [5.74, 6) is 0.0939. The molecule has 0 saturated heterocycles. The summed E-state index contributed by atoms with van der Waals surface area (Å²) >= 11 is 0. The van der Waals surface area contributed by atoms with Crippen LogP contribution in [0.5, 0.6) is 0 Å². The van der Waals surface area contributed by atoms with Crippen molar-refractivity contribution in [3.05, 3.63) is 23.9 Å². The fourth-order valence-electron chi connectivity index (χ4n) is 1.29. The SMILES string of the molecule is Nc1cc(CC(=O)CCOCC(F)(F)F)ccn1. The van der Waals surface area contributed by atoms with Gasteiger partial charge in [0.15, 0.2) is 0 Å². The molecule has 0 aliphatic rings. The summed E-state index contributed by atoms with van der Waals surface area (Å²) in [7, 11) is 0. The molecule has 0 aromatic carbocycles. The van der Waals surface area contributed by atoms with Crippen molar-refractivity contribution in [3.63, 3.8) is 0 Å². The van der Waals surface area contributed by atoms with Crippen LogP contribution in [0.1, 0.15) is 12.0 Å². The minimum absolute atomic E-state index is 0.0572. The number of nitrogens with two attached hydrogens (primary N) is 1. The number of hydrogen-bond acceptors (Lipinski definition) is 4. The standard InChI is InChI=1S/C11H13F3N2O2/c12-11(13,14)7-18-4-2-9(17)5-8-1-3-16-10(15)6-8/h1,3,6H,2,4-5,7H2,(H2,15,16). The van der Waals surface area contributed by atoms with Crippen LogP contribution < -0.4 is 5.73 Å². The summed E-state index contributed by atoms with van der Waals surface area (Å²) in [6.45, 7) is -1.57. The number of carbonyl (C=O) groups is 1. The van der Waals surface area contributed by atoms with Crippen LogP contribution in [0.2, 0.25) is 0 Å². The number of hydrogen-bond donors (Lipinski definition) is 1. The van der Waals surface area contributed by atoms with Gasteiger partial charge in [0.1, 0.15) is 18.2 Å². The maximum atomic E-state index is 11.7. The first-order chi connectivity index (χ1) is 8.37. The Morgan fingerprint density at radius 1 is 1.44 bits per heavy atom. The molecule has 0 radical (unpaired) electrons. The van der Waals surface area contributed by atoms with Crippen LogP contribution in [0.4, 0.5) is 19.0 Å². The average molecular weight is 262 g/mol. The van der Waals surface area contributed by atoms with Crippen molar-refractivity contribution in [2.75, 3.05) is 18.9 Å². The van der Waals surface area contributed by atoms with Crippen LogP contribution in [0.25, 0.3) is 0 Å². The molecule has 7 heteroatoms. The number of nitrogen functional groups attached to an aromatic ring is 1. The number of Topliss-reactive ketones (excluding diaryl/α,β-unsaturated/α-hetero) is 1. The van der Waals surface area contributed by atoms with E-state index in [9.17, 15) is 18.0 Å². The Labute approximate surface area is 102 Å². The van der Waals surface area contributed by atoms with Gasteiger partial charge in [-0.25, -0.2) is 4.98 Å². The smallest absolute Gasteiger partial charge is 0.384 e. The molecule has 0 atom stereocenters.